The molecule has 0 atom stereocenters. The predicted molar refractivity (Wildman–Crippen MR) is 71.7 cm³/mol. The van der Waals surface area contributed by atoms with Gasteiger partial charge in [-0.25, -0.2) is 0 Å². The topological polar surface area (TPSA) is 58.3 Å². The first-order valence-corrected chi connectivity index (χ1v) is 6.00. The maximum absolute atomic E-state index is 9.17. The van der Waals surface area contributed by atoms with Crippen LogP contribution in [0.5, 0.6) is 0 Å². The van der Waals surface area contributed by atoms with Crippen molar-refractivity contribution in [3.63, 3.8) is 0 Å². The van der Waals surface area contributed by atoms with Gasteiger partial charge in [0.05, 0.1) is 12.1 Å². The zero-order chi connectivity index (χ0) is 13.2. The fraction of sp³-hybridized carbons (Fsp3) is 0.308. The highest BCUT2D eigenvalue weighted by molar-refractivity contribution is 6.30. The lowest BCUT2D eigenvalue weighted by Gasteiger charge is -2.22. The van der Waals surface area contributed by atoms with E-state index in [1.54, 1.807) is 18.2 Å². The second-order valence-corrected chi connectivity index (χ2v) is 5.19. The molecular weight excluding hydrogens is 252 g/mol. The zero-order valence-electron chi connectivity index (χ0n) is 10.3. The quantitative estimate of drug-likeness (QED) is 0.892. The Morgan fingerprint density at radius 3 is 2.61 bits per heavy atom. The Balaban J connectivity index is 2.18. The molecule has 18 heavy (non-hydrogen) atoms. The van der Waals surface area contributed by atoms with Gasteiger partial charge >= 0.3 is 0 Å². The summed E-state index contributed by atoms with van der Waals surface area (Å²) in [5.41, 5.74) is 1.21. The number of aliphatic hydroxyl groups is 1. The van der Waals surface area contributed by atoms with Crippen molar-refractivity contribution in [2.45, 2.75) is 19.4 Å². The average molecular weight is 267 g/mol. The van der Waals surface area contributed by atoms with Crippen LogP contribution in [0.25, 0.3) is 11.3 Å². The molecule has 1 aromatic heterocycles. The number of anilines is 1. The Morgan fingerprint density at radius 1 is 1.33 bits per heavy atom. The van der Waals surface area contributed by atoms with Gasteiger partial charge in [0, 0.05) is 16.7 Å². The number of rotatable bonds is 4. The molecule has 2 aromatic rings. The van der Waals surface area contributed by atoms with Crippen LogP contribution in [0.3, 0.4) is 0 Å². The molecule has 1 aromatic carbocycles. The second-order valence-electron chi connectivity index (χ2n) is 4.75. The summed E-state index contributed by atoms with van der Waals surface area (Å²) in [6, 6.07) is 9.15. The van der Waals surface area contributed by atoms with Gasteiger partial charge in [-0.05, 0) is 26.0 Å². The molecule has 1 heterocycles. The molecule has 2 N–H and O–H groups in total. The monoisotopic (exact) mass is 266 g/mol. The van der Waals surface area contributed by atoms with Crippen molar-refractivity contribution in [1.82, 2.24) is 5.16 Å². The third-order valence-electron chi connectivity index (χ3n) is 2.51. The SMILES string of the molecule is CC(C)(CO)Nc1cc(-c2ccc(Cl)cc2)no1. The maximum atomic E-state index is 9.17. The normalized spacial score (nSPS) is 11.6. The maximum Gasteiger partial charge on any atom is 0.225 e. The molecule has 5 heteroatoms. The molecular formula is C13H15ClN2O2. The Morgan fingerprint density at radius 2 is 2.00 bits per heavy atom. The van der Waals surface area contributed by atoms with Gasteiger partial charge in [0.1, 0.15) is 5.69 Å². The third-order valence-corrected chi connectivity index (χ3v) is 2.76. The van der Waals surface area contributed by atoms with Crippen LogP contribution in [0.15, 0.2) is 34.9 Å². The number of nitrogens with one attached hydrogen (secondary N) is 1. The first kappa shape index (κ1) is 12.9. The summed E-state index contributed by atoms with van der Waals surface area (Å²) in [6.07, 6.45) is 0. The summed E-state index contributed by atoms with van der Waals surface area (Å²) in [7, 11) is 0. The Hall–Kier alpha value is -1.52. The minimum absolute atomic E-state index is 0.00395. The van der Waals surface area contributed by atoms with E-state index >= 15 is 0 Å². The number of halogens is 1. The van der Waals surface area contributed by atoms with Gasteiger partial charge in [0.2, 0.25) is 5.88 Å². The molecule has 0 fully saturated rings. The fourth-order valence-corrected chi connectivity index (χ4v) is 1.59. The van der Waals surface area contributed by atoms with Gasteiger partial charge < -0.3 is 14.9 Å². The second kappa shape index (κ2) is 5.00. The van der Waals surface area contributed by atoms with Crippen LogP contribution in [0.2, 0.25) is 5.02 Å². The van der Waals surface area contributed by atoms with Crippen molar-refractivity contribution in [3.05, 3.63) is 35.4 Å². The molecule has 0 amide bonds. The van der Waals surface area contributed by atoms with Gasteiger partial charge in [-0.1, -0.05) is 28.9 Å². The predicted octanol–water partition coefficient (Wildman–Crippen LogP) is 3.18. The lowest BCUT2D eigenvalue weighted by molar-refractivity contribution is 0.230. The van der Waals surface area contributed by atoms with Gasteiger partial charge in [0.15, 0.2) is 0 Å². The summed E-state index contributed by atoms with van der Waals surface area (Å²) in [5.74, 6) is 0.527. The van der Waals surface area contributed by atoms with Crippen LogP contribution in [0, 0.1) is 0 Å². The Labute approximate surface area is 111 Å². The van der Waals surface area contributed by atoms with Crippen LogP contribution in [0.1, 0.15) is 13.8 Å². The van der Waals surface area contributed by atoms with Gasteiger partial charge in [0.25, 0.3) is 0 Å². The fourth-order valence-electron chi connectivity index (χ4n) is 1.46. The molecule has 0 bridgehead atoms. The number of hydrogen-bond acceptors (Lipinski definition) is 4. The lowest BCUT2D eigenvalue weighted by Crippen LogP contribution is -2.34. The van der Waals surface area contributed by atoms with E-state index in [4.69, 9.17) is 16.1 Å². The summed E-state index contributed by atoms with van der Waals surface area (Å²) in [6.45, 7) is 3.75. The molecule has 0 aliphatic carbocycles. The molecule has 4 nitrogen and oxygen atoms in total. The largest absolute Gasteiger partial charge is 0.394 e. The summed E-state index contributed by atoms with van der Waals surface area (Å²) in [4.78, 5) is 0. The highest BCUT2D eigenvalue weighted by Gasteiger charge is 2.18. The summed E-state index contributed by atoms with van der Waals surface area (Å²) >= 11 is 5.83. The molecule has 0 aliphatic rings. The van der Waals surface area contributed by atoms with Crippen LogP contribution < -0.4 is 5.32 Å². The van der Waals surface area contributed by atoms with Crippen LogP contribution in [-0.2, 0) is 0 Å². The van der Waals surface area contributed by atoms with E-state index in [0.717, 1.165) is 11.3 Å². The van der Waals surface area contributed by atoms with Crippen molar-refractivity contribution in [2.75, 3.05) is 11.9 Å². The summed E-state index contributed by atoms with van der Waals surface area (Å²) < 4.78 is 5.18. The van der Waals surface area contributed by atoms with Crippen molar-refractivity contribution in [3.8, 4) is 11.3 Å². The first-order valence-electron chi connectivity index (χ1n) is 5.62. The molecule has 2 rings (SSSR count). The first-order chi connectivity index (χ1) is 8.50. The van der Waals surface area contributed by atoms with Gasteiger partial charge in [-0.2, -0.15) is 0 Å². The van der Waals surface area contributed by atoms with Crippen molar-refractivity contribution >= 4 is 17.5 Å². The van der Waals surface area contributed by atoms with E-state index in [9.17, 15) is 5.11 Å². The van der Waals surface area contributed by atoms with Crippen LogP contribution in [0.4, 0.5) is 5.88 Å². The molecule has 0 aliphatic heterocycles. The number of aliphatic hydroxyl groups excluding tert-OH is 1. The average Bonchev–Trinajstić information content (AvgIpc) is 2.78. The van der Waals surface area contributed by atoms with E-state index in [1.807, 2.05) is 26.0 Å². The highest BCUT2D eigenvalue weighted by atomic mass is 35.5. The van der Waals surface area contributed by atoms with E-state index in [0.29, 0.717) is 10.9 Å². The standard InChI is InChI=1S/C13H15ClN2O2/c1-13(2,8-17)15-12-7-11(16-18-12)9-3-5-10(14)6-4-9/h3-7,15,17H,8H2,1-2H3. The van der Waals surface area contributed by atoms with Crippen LogP contribution in [-0.4, -0.2) is 22.4 Å². The highest BCUT2D eigenvalue weighted by Crippen LogP contribution is 2.24. The third kappa shape index (κ3) is 3.03. The number of aromatic nitrogens is 1. The van der Waals surface area contributed by atoms with E-state index in [-0.39, 0.29) is 6.61 Å². The minimum atomic E-state index is -0.448. The molecule has 0 radical (unpaired) electrons. The van der Waals surface area contributed by atoms with Crippen molar-refractivity contribution in [2.24, 2.45) is 0 Å². The van der Waals surface area contributed by atoms with Crippen molar-refractivity contribution < 1.29 is 9.63 Å². The van der Waals surface area contributed by atoms with E-state index in [2.05, 4.69) is 10.5 Å². The lowest BCUT2D eigenvalue weighted by atomic mass is 10.1. The number of nitrogens with zero attached hydrogens (tertiary/aromatic N) is 1. The number of benzene rings is 1. The van der Waals surface area contributed by atoms with E-state index < -0.39 is 5.54 Å². The van der Waals surface area contributed by atoms with Crippen LogP contribution >= 0.6 is 11.6 Å². The van der Waals surface area contributed by atoms with Gasteiger partial charge in [-0.3, -0.25) is 0 Å². The molecule has 0 spiro atoms. The smallest absolute Gasteiger partial charge is 0.225 e. The van der Waals surface area contributed by atoms with E-state index in [1.165, 1.54) is 0 Å². The molecule has 0 saturated carbocycles. The Kier molecular flexibility index (Phi) is 3.59. The molecule has 0 saturated heterocycles. The zero-order valence-corrected chi connectivity index (χ0v) is 11.0. The van der Waals surface area contributed by atoms with Gasteiger partial charge in [-0.15, -0.1) is 0 Å². The minimum Gasteiger partial charge on any atom is -0.394 e. The number of hydrogen-bond donors (Lipinski definition) is 2. The molecule has 96 valence electrons. The summed E-state index contributed by atoms with van der Waals surface area (Å²) in [5, 5.41) is 16.9. The molecule has 0 unspecified atom stereocenters. The van der Waals surface area contributed by atoms with Crippen molar-refractivity contribution in [1.29, 1.82) is 0 Å². The Bertz CT molecular complexity index is 520.